The van der Waals surface area contributed by atoms with Gasteiger partial charge in [0.1, 0.15) is 17.8 Å². The van der Waals surface area contributed by atoms with Gasteiger partial charge in [-0.15, -0.1) is 0 Å². The van der Waals surface area contributed by atoms with Crippen LogP contribution in [0, 0.1) is 0 Å². The van der Waals surface area contributed by atoms with E-state index < -0.39 is 5.97 Å². The quantitative estimate of drug-likeness (QED) is 0.168. The van der Waals surface area contributed by atoms with Crippen molar-refractivity contribution in [2.75, 3.05) is 5.32 Å². The van der Waals surface area contributed by atoms with Crippen LogP contribution in [0.2, 0.25) is 0 Å². The summed E-state index contributed by atoms with van der Waals surface area (Å²) in [6.45, 7) is 2.11. The SMILES string of the molecule is C[C@@H](Nc1ncnc2[nH]c(-c3ccc(N=Cc4ccc(C=CC(=O)O)cc4)cc3)cc12)c1ccccc1. The number of aromatic amines is 1. The number of H-pyrrole nitrogens is 1. The summed E-state index contributed by atoms with van der Waals surface area (Å²) in [6.07, 6.45) is 6.02. The zero-order chi connectivity index (χ0) is 25.6. The van der Waals surface area contributed by atoms with Gasteiger partial charge in [-0.3, -0.25) is 4.99 Å². The number of hydrogen-bond donors (Lipinski definition) is 3. The Labute approximate surface area is 214 Å². The second kappa shape index (κ2) is 10.7. The minimum absolute atomic E-state index is 0.104. The molecule has 0 aliphatic carbocycles. The Morgan fingerprint density at radius 3 is 2.43 bits per heavy atom. The molecule has 0 spiro atoms. The molecule has 2 heterocycles. The number of nitrogens with zero attached hydrogens (tertiary/aromatic N) is 3. The van der Waals surface area contributed by atoms with Crippen LogP contribution in [-0.4, -0.2) is 32.2 Å². The van der Waals surface area contributed by atoms with Crippen LogP contribution < -0.4 is 5.32 Å². The zero-order valence-corrected chi connectivity index (χ0v) is 20.2. The molecule has 3 N–H and O–H groups in total. The average molecular weight is 488 g/mol. The highest BCUT2D eigenvalue weighted by Crippen LogP contribution is 2.29. The Bertz CT molecular complexity index is 1570. The summed E-state index contributed by atoms with van der Waals surface area (Å²) in [6, 6.07) is 27.9. The number of aliphatic imine (C=N–C) groups is 1. The van der Waals surface area contributed by atoms with E-state index in [1.165, 1.54) is 5.56 Å². The number of aliphatic carboxylic acids is 1. The predicted molar refractivity (Wildman–Crippen MR) is 148 cm³/mol. The van der Waals surface area contributed by atoms with Gasteiger partial charge in [0.25, 0.3) is 0 Å². The number of anilines is 1. The second-order valence-corrected chi connectivity index (χ2v) is 8.59. The topological polar surface area (TPSA) is 103 Å². The fourth-order valence-corrected chi connectivity index (χ4v) is 3.98. The van der Waals surface area contributed by atoms with E-state index >= 15 is 0 Å². The van der Waals surface area contributed by atoms with Crippen molar-refractivity contribution >= 4 is 40.8 Å². The first-order valence-electron chi connectivity index (χ1n) is 11.9. The molecule has 0 saturated carbocycles. The number of carboxylic acid groups (broad SMARTS) is 1. The van der Waals surface area contributed by atoms with E-state index in [-0.39, 0.29) is 6.04 Å². The number of nitrogens with one attached hydrogen (secondary N) is 2. The minimum Gasteiger partial charge on any atom is -0.478 e. The Hall–Kier alpha value is -5.04. The van der Waals surface area contributed by atoms with Gasteiger partial charge in [0.15, 0.2) is 0 Å². The molecule has 0 radical (unpaired) electrons. The minimum atomic E-state index is -0.968. The maximum absolute atomic E-state index is 10.6. The highest BCUT2D eigenvalue weighted by atomic mass is 16.4. The summed E-state index contributed by atoms with van der Waals surface area (Å²) in [5.41, 5.74) is 6.51. The molecule has 182 valence electrons. The van der Waals surface area contributed by atoms with Crippen molar-refractivity contribution < 1.29 is 9.90 Å². The third-order valence-corrected chi connectivity index (χ3v) is 5.97. The summed E-state index contributed by atoms with van der Waals surface area (Å²) in [5.74, 6) is -0.182. The summed E-state index contributed by atoms with van der Waals surface area (Å²) in [5, 5.41) is 13.2. The lowest BCUT2D eigenvalue weighted by Crippen LogP contribution is -2.08. The molecule has 0 bridgehead atoms. The molecule has 5 rings (SSSR count). The van der Waals surface area contributed by atoms with E-state index in [1.54, 1.807) is 18.6 Å². The molecule has 1 atom stereocenters. The van der Waals surface area contributed by atoms with Gasteiger partial charge >= 0.3 is 5.97 Å². The Balaban J connectivity index is 1.30. The average Bonchev–Trinajstić information content (AvgIpc) is 3.37. The molecule has 7 heteroatoms. The molecule has 0 fully saturated rings. The maximum atomic E-state index is 10.6. The standard InChI is InChI=1S/C30H25N5O2/c1-20(23-5-3-2-4-6-23)34-29-26-17-27(35-30(26)33-19-32-29)24-12-14-25(15-13-24)31-18-22-9-7-21(8-10-22)11-16-28(36)37/h2-20H,1H3,(H,36,37)(H2,32,33,34,35)/t20-/m1/s1. The predicted octanol–water partition coefficient (Wildman–Crippen LogP) is 6.65. The van der Waals surface area contributed by atoms with Gasteiger partial charge in [-0.2, -0.15) is 0 Å². The summed E-state index contributed by atoms with van der Waals surface area (Å²) < 4.78 is 0. The maximum Gasteiger partial charge on any atom is 0.328 e. The van der Waals surface area contributed by atoms with E-state index in [9.17, 15) is 4.79 Å². The first-order chi connectivity index (χ1) is 18.0. The van der Waals surface area contributed by atoms with E-state index in [2.05, 4.69) is 50.4 Å². The fourth-order valence-electron chi connectivity index (χ4n) is 3.98. The first-order valence-corrected chi connectivity index (χ1v) is 11.9. The van der Waals surface area contributed by atoms with Crippen molar-refractivity contribution in [3.63, 3.8) is 0 Å². The Morgan fingerprint density at radius 2 is 1.70 bits per heavy atom. The van der Waals surface area contributed by atoms with E-state index in [0.29, 0.717) is 0 Å². The first kappa shape index (κ1) is 23.7. The molecule has 7 nitrogen and oxygen atoms in total. The molecule has 37 heavy (non-hydrogen) atoms. The van der Waals surface area contributed by atoms with Gasteiger partial charge in [-0.25, -0.2) is 14.8 Å². The van der Waals surface area contributed by atoms with E-state index in [4.69, 9.17) is 5.11 Å². The monoisotopic (exact) mass is 487 g/mol. The van der Waals surface area contributed by atoms with Gasteiger partial charge < -0.3 is 15.4 Å². The molecule has 0 aliphatic heterocycles. The van der Waals surface area contributed by atoms with E-state index in [0.717, 1.165) is 51.0 Å². The number of aromatic nitrogens is 3. The number of carboxylic acids is 1. The van der Waals surface area contributed by atoms with Gasteiger partial charge in [0, 0.05) is 24.0 Å². The number of carbonyl (C=O) groups is 1. The van der Waals surface area contributed by atoms with Crippen LogP contribution in [0.5, 0.6) is 0 Å². The Kier molecular flexibility index (Phi) is 6.85. The normalized spacial score (nSPS) is 12.4. The van der Waals surface area contributed by atoms with Gasteiger partial charge in [0.05, 0.1) is 11.1 Å². The van der Waals surface area contributed by atoms with Crippen molar-refractivity contribution in [2.24, 2.45) is 4.99 Å². The van der Waals surface area contributed by atoms with Crippen molar-refractivity contribution in [1.29, 1.82) is 0 Å². The highest BCUT2D eigenvalue weighted by Gasteiger charge is 2.12. The van der Waals surface area contributed by atoms with Crippen molar-refractivity contribution in [3.8, 4) is 11.3 Å². The van der Waals surface area contributed by atoms with Crippen LogP contribution in [0.1, 0.15) is 29.7 Å². The van der Waals surface area contributed by atoms with Crippen LogP contribution in [0.4, 0.5) is 11.5 Å². The van der Waals surface area contributed by atoms with Gasteiger partial charge in [-0.1, -0.05) is 66.7 Å². The summed E-state index contributed by atoms with van der Waals surface area (Å²) in [7, 11) is 0. The smallest absolute Gasteiger partial charge is 0.328 e. The molecule has 0 unspecified atom stereocenters. The summed E-state index contributed by atoms with van der Waals surface area (Å²) in [4.78, 5) is 27.5. The van der Waals surface area contributed by atoms with Crippen LogP contribution >= 0.6 is 0 Å². The largest absolute Gasteiger partial charge is 0.478 e. The molecular formula is C30H25N5O2. The molecule has 0 aliphatic rings. The second-order valence-electron chi connectivity index (χ2n) is 8.59. The third kappa shape index (κ3) is 5.79. The third-order valence-electron chi connectivity index (χ3n) is 5.97. The lowest BCUT2D eigenvalue weighted by molar-refractivity contribution is -0.131. The molecule has 3 aromatic carbocycles. The Morgan fingerprint density at radius 1 is 0.973 bits per heavy atom. The van der Waals surface area contributed by atoms with Gasteiger partial charge in [-0.05, 0) is 53.5 Å². The van der Waals surface area contributed by atoms with Crippen molar-refractivity contribution in [2.45, 2.75) is 13.0 Å². The molecule has 0 saturated heterocycles. The number of rotatable bonds is 8. The van der Waals surface area contributed by atoms with Crippen molar-refractivity contribution in [3.05, 3.63) is 114 Å². The molecule has 2 aromatic heterocycles. The summed E-state index contributed by atoms with van der Waals surface area (Å²) >= 11 is 0. The number of benzene rings is 3. The van der Waals surface area contributed by atoms with Gasteiger partial charge in [0.2, 0.25) is 0 Å². The van der Waals surface area contributed by atoms with Crippen LogP contribution in [-0.2, 0) is 4.79 Å². The molecule has 0 amide bonds. The van der Waals surface area contributed by atoms with Crippen molar-refractivity contribution in [1.82, 2.24) is 15.0 Å². The highest BCUT2D eigenvalue weighted by molar-refractivity contribution is 5.92. The van der Waals surface area contributed by atoms with Crippen LogP contribution in [0.25, 0.3) is 28.4 Å². The fraction of sp³-hybridized carbons (Fsp3) is 0.0667. The number of hydrogen-bond acceptors (Lipinski definition) is 5. The lowest BCUT2D eigenvalue weighted by Gasteiger charge is -2.15. The molecule has 5 aromatic rings. The lowest BCUT2D eigenvalue weighted by atomic mass is 10.1. The zero-order valence-electron chi connectivity index (χ0n) is 20.2. The van der Waals surface area contributed by atoms with Crippen LogP contribution in [0.3, 0.4) is 0 Å². The van der Waals surface area contributed by atoms with E-state index in [1.807, 2.05) is 66.7 Å². The number of fused-ring (bicyclic) bond motifs is 1. The van der Waals surface area contributed by atoms with Crippen LogP contribution in [0.15, 0.2) is 102 Å². The molecular weight excluding hydrogens is 462 g/mol.